The van der Waals surface area contributed by atoms with Crippen LogP contribution < -0.4 is 5.73 Å². The number of amides is 2. The van der Waals surface area contributed by atoms with Crippen molar-refractivity contribution in [2.24, 2.45) is 11.7 Å². The summed E-state index contributed by atoms with van der Waals surface area (Å²) in [6.45, 7) is 3.11. The third-order valence-corrected chi connectivity index (χ3v) is 4.74. The number of hydrogen-bond donors (Lipinski definition) is 1. The van der Waals surface area contributed by atoms with Crippen LogP contribution >= 0.6 is 0 Å². The molecular formula is C18H25N2O4. The number of imide groups is 1. The lowest BCUT2D eigenvalue weighted by Gasteiger charge is -2.26. The highest BCUT2D eigenvalue weighted by Gasteiger charge is 2.31. The van der Waals surface area contributed by atoms with Gasteiger partial charge in [-0.05, 0) is 37.8 Å². The SMILES string of the molecule is Cc1cc(C(=O)N(C[C]=O)C(=O)[C@@H](N)CC2CCCCC2)oc1C. The summed E-state index contributed by atoms with van der Waals surface area (Å²) >= 11 is 0. The Kier molecular flexibility index (Phi) is 6.31. The molecule has 0 aromatic carbocycles. The number of carbonyl (C=O) groups is 2. The first-order valence-electron chi connectivity index (χ1n) is 8.47. The van der Waals surface area contributed by atoms with Crippen molar-refractivity contribution in [1.82, 2.24) is 4.90 Å². The van der Waals surface area contributed by atoms with Crippen LogP contribution in [0.2, 0.25) is 0 Å². The molecule has 0 bridgehead atoms. The lowest BCUT2D eigenvalue weighted by molar-refractivity contribution is -0.130. The molecule has 0 aliphatic heterocycles. The molecule has 6 nitrogen and oxygen atoms in total. The maximum absolute atomic E-state index is 12.6. The number of carbonyl (C=O) groups excluding carboxylic acids is 3. The minimum Gasteiger partial charge on any atom is -0.456 e. The Morgan fingerprint density at radius 2 is 2.00 bits per heavy atom. The summed E-state index contributed by atoms with van der Waals surface area (Å²) in [6, 6.07) is 0.776. The molecule has 1 aliphatic carbocycles. The van der Waals surface area contributed by atoms with Gasteiger partial charge in [0.15, 0.2) is 5.76 Å². The molecule has 1 aromatic rings. The van der Waals surface area contributed by atoms with Crippen LogP contribution in [0, 0.1) is 19.8 Å². The Balaban J connectivity index is 2.08. The van der Waals surface area contributed by atoms with Crippen LogP contribution in [0.4, 0.5) is 0 Å². The lowest BCUT2D eigenvalue weighted by Crippen LogP contribution is -2.48. The highest BCUT2D eigenvalue weighted by molar-refractivity contribution is 6.05. The molecule has 6 heteroatoms. The second kappa shape index (κ2) is 8.24. The molecule has 0 unspecified atom stereocenters. The van der Waals surface area contributed by atoms with Crippen LogP contribution in [-0.2, 0) is 9.59 Å². The van der Waals surface area contributed by atoms with Crippen LogP contribution in [0.5, 0.6) is 0 Å². The first-order chi connectivity index (χ1) is 11.4. The smallest absolute Gasteiger partial charge is 0.296 e. The van der Waals surface area contributed by atoms with Crippen LogP contribution in [0.25, 0.3) is 0 Å². The number of furan rings is 1. The van der Waals surface area contributed by atoms with E-state index in [9.17, 15) is 14.4 Å². The van der Waals surface area contributed by atoms with Gasteiger partial charge in [-0.25, -0.2) is 0 Å². The van der Waals surface area contributed by atoms with Gasteiger partial charge >= 0.3 is 0 Å². The Labute approximate surface area is 142 Å². The van der Waals surface area contributed by atoms with Crippen molar-refractivity contribution in [3.05, 3.63) is 23.2 Å². The number of hydrogen-bond acceptors (Lipinski definition) is 5. The van der Waals surface area contributed by atoms with E-state index in [1.807, 2.05) is 6.92 Å². The maximum Gasteiger partial charge on any atom is 0.296 e. The summed E-state index contributed by atoms with van der Waals surface area (Å²) < 4.78 is 5.37. The van der Waals surface area contributed by atoms with Crippen molar-refractivity contribution < 1.29 is 18.8 Å². The normalized spacial score (nSPS) is 16.6. The average Bonchev–Trinajstić information content (AvgIpc) is 2.91. The summed E-state index contributed by atoms with van der Waals surface area (Å²) in [5.74, 6) is -0.131. The van der Waals surface area contributed by atoms with Gasteiger partial charge in [0.25, 0.3) is 5.91 Å². The van der Waals surface area contributed by atoms with Crippen molar-refractivity contribution >= 4 is 18.1 Å². The summed E-state index contributed by atoms with van der Waals surface area (Å²) in [4.78, 5) is 36.7. The molecule has 131 valence electrons. The Bertz CT molecular complexity index is 583. The van der Waals surface area contributed by atoms with Gasteiger partial charge in [-0.15, -0.1) is 0 Å². The Hall–Kier alpha value is -1.95. The van der Waals surface area contributed by atoms with E-state index in [0.29, 0.717) is 18.1 Å². The molecule has 2 rings (SSSR count). The van der Waals surface area contributed by atoms with Gasteiger partial charge in [0, 0.05) is 0 Å². The van der Waals surface area contributed by atoms with Crippen molar-refractivity contribution in [2.45, 2.75) is 58.4 Å². The highest BCUT2D eigenvalue weighted by Crippen LogP contribution is 2.27. The van der Waals surface area contributed by atoms with Gasteiger partial charge in [0.2, 0.25) is 12.2 Å². The van der Waals surface area contributed by atoms with Crippen molar-refractivity contribution in [3.63, 3.8) is 0 Å². The van der Waals surface area contributed by atoms with E-state index < -0.39 is 24.4 Å². The van der Waals surface area contributed by atoms with Gasteiger partial charge in [0.05, 0.1) is 12.6 Å². The number of aryl methyl sites for hydroxylation is 2. The molecule has 1 saturated carbocycles. The van der Waals surface area contributed by atoms with E-state index in [4.69, 9.17) is 10.2 Å². The van der Waals surface area contributed by atoms with Crippen LogP contribution in [0.3, 0.4) is 0 Å². The van der Waals surface area contributed by atoms with Gasteiger partial charge in [0.1, 0.15) is 5.76 Å². The van der Waals surface area contributed by atoms with Gasteiger partial charge < -0.3 is 10.2 Å². The highest BCUT2D eigenvalue weighted by atomic mass is 16.4. The van der Waals surface area contributed by atoms with E-state index in [2.05, 4.69) is 0 Å². The van der Waals surface area contributed by atoms with Crippen LogP contribution in [0.1, 0.15) is 60.4 Å². The van der Waals surface area contributed by atoms with Crippen LogP contribution in [0.15, 0.2) is 10.5 Å². The van der Waals surface area contributed by atoms with E-state index in [1.54, 1.807) is 19.3 Å². The zero-order valence-electron chi connectivity index (χ0n) is 14.3. The van der Waals surface area contributed by atoms with Gasteiger partial charge in [-0.2, -0.15) is 0 Å². The second-order valence-corrected chi connectivity index (χ2v) is 6.57. The minimum atomic E-state index is -0.789. The first-order valence-corrected chi connectivity index (χ1v) is 8.47. The van der Waals surface area contributed by atoms with Gasteiger partial charge in [-0.1, -0.05) is 32.1 Å². The minimum absolute atomic E-state index is 0.0402. The van der Waals surface area contributed by atoms with E-state index in [-0.39, 0.29) is 5.76 Å². The summed E-state index contributed by atoms with van der Waals surface area (Å²) in [6.07, 6.45) is 7.81. The molecule has 1 aliphatic rings. The summed E-state index contributed by atoms with van der Waals surface area (Å²) in [7, 11) is 0. The van der Waals surface area contributed by atoms with Crippen molar-refractivity contribution in [2.75, 3.05) is 6.54 Å². The van der Waals surface area contributed by atoms with Crippen molar-refractivity contribution in [3.8, 4) is 0 Å². The molecule has 1 atom stereocenters. The predicted octanol–water partition coefficient (Wildman–Crippen LogP) is 2.27. The molecule has 1 heterocycles. The second-order valence-electron chi connectivity index (χ2n) is 6.57. The Morgan fingerprint density at radius 1 is 1.33 bits per heavy atom. The molecule has 1 aromatic heterocycles. The monoisotopic (exact) mass is 333 g/mol. The Morgan fingerprint density at radius 3 is 2.54 bits per heavy atom. The number of nitrogens with zero attached hydrogens (tertiary/aromatic N) is 1. The topological polar surface area (TPSA) is 93.6 Å². The molecule has 0 spiro atoms. The van der Waals surface area contributed by atoms with Crippen LogP contribution in [-0.4, -0.2) is 35.6 Å². The maximum atomic E-state index is 12.6. The molecule has 1 radical (unpaired) electrons. The molecule has 2 N–H and O–H groups in total. The largest absolute Gasteiger partial charge is 0.456 e. The van der Waals surface area contributed by atoms with E-state index >= 15 is 0 Å². The van der Waals surface area contributed by atoms with E-state index in [0.717, 1.165) is 36.1 Å². The van der Waals surface area contributed by atoms with Gasteiger partial charge in [-0.3, -0.25) is 19.3 Å². The average molecular weight is 333 g/mol. The van der Waals surface area contributed by atoms with E-state index in [1.165, 1.54) is 6.42 Å². The zero-order valence-corrected chi connectivity index (χ0v) is 14.3. The lowest BCUT2D eigenvalue weighted by atomic mass is 9.85. The predicted molar refractivity (Wildman–Crippen MR) is 89.1 cm³/mol. The zero-order chi connectivity index (χ0) is 17.7. The molecular weight excluding hydrogens is 308 g/mol. The number of rotatable bonds is 6. The molecule has 24 heavy (non-hydrogen) atoms. The fourth-order valence-electron chi connectivity index (χ4n) is 3.21. The molecule has 0 saturated heterocycles. The number of nitrogens with two attached hydrogens (primary N) is 1. The van der Waals surface area contributed by atoms with Crippen molar-refractivity contribution in [1.29, 1.82) is 0 Å². The quantitative estimate of drug-likeness (QED) is 0.862. The standard InChI is InChI=1S/C18H25N2O4/c1-12-10-16(24-13(12)2)18(23)20(8-9-21)17(22)15(19)11-14-6-4-3-5-7-14/h10,14-15H,3-8,11,19H2,1-2H3/t15-/m0/s1. The fourth-order valence-corrected chi connectivity index (χ4v) is 3.21. The third-order valence-electron chi connectivity index (χ3n) is 4.74. The molecule has 1 fully saturated rings. The summed E-state index contributed by atoms with van der Waals surface area (Å²) in [5, 5.41) is 0. The fraction of sp³-hybridized carbons (Fsp3) is 0.611. The first kappa shape index (κ1) is 18.4. The summed E-state index contributed by atoms with van der Waals surface area (Å²) in [5.41, 5.74) is 6.84. The third kappa shape index (κ3) is 4.32. The molecule has 2 amide bonds.